The van der Waals surface area contributed by atoms with E-state index >= 15 is 0 Å². The number of hydrazine groups is 1. The van der Waals surface area contributed by atoms with Crippen molar-refractivity contribution < 1.29 is 0 Å². The molecule has 0 amide bonds. The SMILES string of the molecule is c1ncc2c(n1)CCCNN2. The zero-order chi connectivity index (χ0) is 7.52. The van der Waals surface area contributed by atoms with Crippen molar-refractivity contribution in [2.75, 3.05) is 12.0 Å². The smallest absolute Gasteiger partial charge is 0.115 e. The van der Waals surface area contributed by atoms with Crippen LogP contribution in [-0.4, -0.2) is 16.5 Å². The second-order valence-electron chi connectivity index (χ2n) is 2.54. The lowest BCUT2D eigenvalue weighted by Gasteiger charge is -2.03. The zero-order valence-electron chi connectivity index (χ0n) is 6.17. The van der Waals surface area contributed by atoms with Gasteiger partial charge < -0.3 is 5.43 Å². The van der Waals surface area contributed by atoms with Gasteiger partial charge in [0, 0.05) is 6.54 Å². The second-order valence-corrected chi connectivity index (χ2v) is 2.54. The summed E-state index contributed by atoms with van der Waals surface area (Å²) in [6.07, 6.45) is 5.53. The van der Waals surface area contributed by atoms with E-state index in [4.69, 9.17) is 0 Å². The lowest BCUT2D eigenvalue weighted by atomic mass is 10.2. The van der Waals surface area contributed by atoms with Gasteiger partial charge in [0.15, 0.2) is 0 Å². The Morgan fingerprint density at radius 1 is 1.45 bits per heavy atom. The van der Waals surface area contributed by atoms with Crippen LogP contribution >= 0.6 is 0 Å². The van der Waals surface area contributed by atoms with E-state index in [1.54, 1.807) is 12.5 Å². The van der Waals surface area contributed by atoms with Crippen LogP contribution in [0.3, 0.4) is 0 Å². The van der Waals surface area contributed by atoms with Crippen LogP contribution in [0.2, 0.25) is 0 Å². The molecule has 0 spiro atoms. The Balaban J connectivity index is 2.33. The Labute approximate surface area is 65.0 Å². The Bertz CT molecular complexity index is 223. The largest absolute Gasteiger partial charge is 0.318 e. The number of fused-ring (bicyclic) bond motifs is 1. The first-order valence-electron chi connectivity index (χ1n) is 3.74. The van der Waals surface area contributed by atoms with Crippen molar-refractivity contribution in [3.63, 3.8) is 0 Å². The molecule has 4 nitrogen and oxygen atoms in total. The molecule has 11 heavy (non-hydrogen) atoms. The van der Waals surface area contributed by atoms with Crippen molar-refractivity contribution >= 4 is 5.69 Å². The van der Waals surface area contributed by atoms with Gasteiger partial charge in [-0.15, -0.1) is 0 Å². The molecular formula is C7H10N4. The monoisotopic (exact) mass is 150 g/mol. The minimum Gasteiger partial charge on any atom is -0.318 e. The highest BCUT2D eigenvalue weighted by Gasteiger charge is 2.05. The van der Waals surface area contributed by atoms with Crippen molar-refractivity contribution in [2.45, 2.75) is 12.8 Å². The summed E-state index contributed by atoms with van der Waals surface area (Å²) in [7, 11) is 0. The maximum atomic E-state index is 4.17. The van der Waals surface area contributed by atoms with E-state index in [1.165, 1.54) is 0 Å². The number of hydrogen-bond donors (Lipinski definition) is 2. The molecule has 0 radical (unpaired) electrons. The second kappa shape index (κ2) is 2.84. The molecule has 1 aromatic rings. The van der Waals surface area contributed by atoms with Gasteiger partial charge >= 0.3 is 0 Å². The van der Waals surface area contributed by atoms with Crippen LogP contribution in [0.5, 0.6) is 0 Å². The summed E-state index contributed by atoms with van der Waals surface area (Å²) in [6.45, 7) is 0.982. The molecule has 0 fully saturated rings. The molecule has 4 heteroatoms. The highest BCUT2D eigenvalue weighted by Crippen LogP contribution is 2.12. The van der Waals surface area contributed by atoms with Crippen LogP contribution in [0.25, 0.3) is 0 Å². The van der Waals surface area contributed by atoms with Gasteiger partial charge in [0.05, 0.1) is 17.6 Å². The van der Waals surface area contributed by atoms with Crippen LogP contribution in [-0.2, 0) is 6.42 Å². The molecule has 2 N–H and O–H groups in total. The summed E-state index contributed by atoms with van der Waals surface area (Å²) in [5, 5.41) is 0. The molecule has 0 aromatic carbocycles. The highest BCUT2D eigenvalue weighted by molar-refractivity contribution is 5.44. The van der Waals surface area contributed by atoms with Gasteiger partial charge in [0.1, 0.15) is 6.33 Å². The fourth-order valence-corrected chi connectivity index (χ4v) is 1.16. The van der Waals surface area contributed by atoms with Gasteiger partial charge in [-0.3, -0.25) is 0 Å². The van der Waals surface area contributed by atoms with Crippen molar-refractivity contribution in [2.24, 2.45) is 0 Å². The number of rotatable bonds is 0. The zero-order valence-corrected chi connectivity index (χ0v) is 6.17. The summed E-state index contributed by atoms with van der Waals surface area (Å²) in [6, 6.07) is 0. The van der Waals surface area contributed by atoms with Gasteiger partial charge in [0.25, 0.3) is 0 Å². The predicted molar refractivity (Wildman–Crippen MR) is 42.0 cm³/mol. The fraction of sp³-hybridized carbons (Fsp3) is 0.429. The van der Waals surface area contributed by atoms with E-state index < -0.39 is 0 Å². The molecule has 1 aliphatic rings. The summed E-state index contributed by atoms with van der Waals surface area (Å²) in [4.78, 5) is 8.09. The van der Waals surface area contributed by atoms with Crippen LogP contribution in [0.4, 0.5) is 5.69 Å². The third kappa shape index (κ3) is 1.30. The third-order valence-electron chi connectivity index (χ3n) is 1.73. The molecule has 1 aliphatic heterocycles. The minimum atomic E-state index is 0.982. The van der Waals surface area contributed by atoms with Crippen molar-refractivity contribution in [3.05, 3.63) is 18.2 Å². The molecule has 2 rings (SSSR count). The van der Waals surface area contributed by atoms with E-state index in [2.05, 4.69) is 20.8 Å². The maximum Gasteiger partial charge on any atom is 0.115 e. The summed E-state index contributed by atoms with van der Waals surface area (Å²) in [5.74, 6) is 0. The molecule has 0 atom stereocenters. The molecule has 58 valence electrons. The minimum absolute atomic E-state index is 0.982. The number of nitrogens with zero attached hydrogens (tertiary/aromatic N) is 2. The maximum absolute atomic E-state index is 4.17. The molecule has 0 aliphatic carbocycles. The van der Waals surface area contributed by atoms with E-state index in [9.17, 15) is 0 Å². The first kappa shape index (κ1) is 6.54. The average molecular weight is 150 g/mol. The standard InChI is InChI=1S/C7H10N4/c1-2-6-7(11-10-3-1)4-8-5-9-6/h4-5,10-11H,1-3H2. The normalized spacial score (nSPS) is 16.4. The number of aryl methyl sites for hydroxylation is 1. The van der Waals surface area contributed by atoms with E-state index in [0.29, 0.717) is 0 Å². The molecule has 0 unspecified atom stereocenters. The van der Waals surface area contributed by atoms with Crippen molar-refractivity contribution in [1.82, 2.24) is 15.4 Å². The van der Waals surface area contributed by atoms with Gasteiger partial charge in [-0.2, -0.15) is 0 Å². The first-order valence-corrected chi connectivity index (χ1v) is 3.74. The molecule has 1 aromatic heterocycles. The molecule has 0 bridgehead atoms. The Kier molecular flexibility index (Phi) is 1.69. The Morgan fingerprint density at radius 3 is 3.45 bits per heavy atom. The summed E-state index contributed by atoms with van der Waals surface area (Å²) < 4.78 is 0. The van der Waals surface area contributed by atoms with Crippen LogP contribution in [0.15, 0.2) is 12.5 Å². The van der Waals surface area contributed by atoms with Gasteiger partial charge in [-0.25, -0.2) is 15.4 Å². The predicted octanol–water partition coefficient (Wildman–Crippen LogP) is 0.339. The van der Waals surface area contributed by atoms with E-state index in [1.807, 2.05) is 0 Å². The van der Waals surface area contributed by atoms with Crippen LogP contribution < -0.4 is 10.9 Å². The Morgan fingerprint density at radius 2 is 2.45 bits per heavy atom. The number of nitrogens with one attached hydrogen (secondary N) is 2. The number of aromatic nitrogens is 2. The first-order chi connectivity index (χ1) is 5.47. The van der Waals surface area contributed by atoms with Gasteiger partial charge in [-0.05, 0) is 12.8 Å². The highest BCUT2D eigenvalue weighted by atomic mass is 15.4. The van der Waals surface area contributed by atoms with Gasteiger partial charge in [-0.1, -0.05) is 0 Å². The lowest BCUT2D eigenvalue weighted by molar-refractivity contribution is 0.736. The molecule has 0 saturated carbocycles. The number of anilines is 1. The topological polar surface area (TPSA) is 49.8 Å². The number of hydrogen-bond acceptors (Lipinski definition) is 4. The summed E-state index contributed by atoms with van der Waals surface area (Å²) in [5.41, 5.74) is 8.23. The molecule has 0 saturated heterocycles. The molecular weight excluding hydrogens is 140 g/mol. The van der Waals surface area contributed by atoms with Gasteiger partial charge in [0.2, 0.25) is 0 Å². The van der Waals surface area contributed by atoms with Crippen molar-refractivity contribution in [1.29, 1.82) is 0 Å². The Hall–Kier alpha value is -1.16. The van der Waals surface area contributed by atoms with Crippen molar-refractivity contribution in [3.8, 4) is 0 Å². The van der Waals surface area contributed by atoms with E-state index in [0.717, 1.165) is 30.8 Å². The quantitative estimate of drug-likeness (QED) is 0.560. The van der Waals surface area contributed by atoms with Crippen LogP contribution in [0.1, 0.15) is 12.1 Å². The lowest BCUT2D eigenvalue weighted by Crippen LogP contribution is -2.20. The summed E-state index contributed by atoms with van der Waals surface area (Å²) >= 11 is 0. The van der Waals surface area contributed by atoms with Crippen LogP contribution in [0, 0.1) is 0 Å². The fourth-order valence-electron chi connectivity index (χ4n) is 1.16. The molecule has 2 heterocycles. The van der Waals surface area contributed by atoms with E-state index in [-0.39, 0.29) is 0 Å². The third-order valence-corrected chi connectivity index (χ3v) is 1.73. The average Bonchev–Trinajstić information content (AvgIpc) is 2.28.